The lowest BCUT2D eigenvalue weighted by Crippen LogP contribution is -2.75. The van der Waals surface area contributed by atoms with E-state index in [4.69, 9.17) is 13.6 Å². The van der Waals surface area contributed by atoms with Gasteiger partial charge >= 0.3 is 8.56 Å². The van der Waals surface area contributed by atoms with Crippen LogP contribution in [0.4, 0.5) is 0 Å². The zero-order valence-electron chi connectivity index (χ0n) is 13.4. The Morgan fingerprint density at radius 1 is 1.21 bits per heavy atom. The highest BCUT2D eigenvalue weighted by atomic mass is 31.0. The number of rotatable bonds is 6. The summed E-state index contributed by atoms with van der Waals surface area (Å²) in [6.45, 7) is 6.80. The Morgan fingerprint density at radius 3 is 2.16 bits per heavy atom. The summed E-state index contributed by atoms with van der Waals surface area (Å²) in [5.41, 5.74) is 0. The van der Waals surface area contributed by atoms with Crippen LogP contribution in [0.2, 0.25) is 6.04 Å². The van der Waals surface area contributed by atoms with Crippen molar-refractivity contribution in [3.63, 3.8) is 0 Å². The summed E-state index contributed by atoms with van der Waals surface area (Å²) in [4.78, 5) is 0. The molecule has 0 radical (unpaired) electrons. The number of methoxy groups -OCH3 is 1. The summed E-state index contributed by atoms with van der Waals surface area (Å²) in [7, 11) is 6.18. The summed E-state index contributed by atoms with van der Waals surface area (Å²) in [5.74, 6) is 0.597. The van der Waals surface area contributed by atoms with Gasteiger partial charge in [-0.3, -0.25) is 0 Å². The molecular formula is C14H31O3PSi. The topological polar surface area (TPSA) is 27.7 Å². The van der Waals surface area contributed by atoms with Crippen LogP contribution < -0.4 is 0 Å². The van der Waals surface area contributed by atoms with E-state index in [0.717, 1.165) is 31.7 Å². The second-order valence-corrected chi connectivity index (χ2v) is 10.4. The fourth-order valence-corrected chi connectivity index (χ4v) is 9.71. The van der Waals surface area contributed by atoms with Gasteiger partial charge in [0.2, 0.25) is 0 Å². The van der Waals surface area contributed by atoms with E-state index < -0.39 is 8.56 Å². The van der Waals surface area contributed by atoms with Crippen molar-refractivity contribution < 1.29 is 13.6 Å². The van der Waals surface area contributed by atoms with Crippen LogP contribution in [0.3, 0.4) is 0 Å². The van der Waals surface area contributed by atoms with Gasteiger partial charge in [0, 0.05) is 26.5 Å². The van der Waals surface area contributed by atoms with Crippen molar-refractivity contribution in [1.29, 1.82) is 0 Å². The Morgan fingerprint density at radius 2 is 1.79 bits per heavy atom. The van der Waals surface area contributed by atoms with Gasteiger partial charge in [0.25, 0.3) is 0 Å². The van der Waals surface area contributed by atoms with Crippen molar-refractivity contribution >= 4 is 17.8 Å². The summed E-state index contributed by atoms with van der Waals surface area (Å²) in [6, 6.07) is 1.02. The first-order valence-corrected chi connectivity index (χ1v) is 9.98. The summed E-state index contributed by atoms with van der Waals surface area (Å²) in [6.07, 6.45) is 4.30. The van der Waals surface area contributed by atoms with Gasteiger partial charge in [-0.2, -0.15) is 0 Å². The van der Waals surface area contributed by atoms with Crippen LogP contribution >= 0.6 is 9.24 Å². The van der Waals surface area contributed by atoms with Crippen molar-refractivity contribution in [3.8, 4) is 0 Å². The molecule has 114 valence electrons. The average Bonchev–Trinajstić information content (AvgIpc) is 2.44. The van der Waals surface area contributed by atoms with Crippen molar-refractivity contribution in [2.75, 3.05) is 21.3 Å². The molecule has 1 aliphatic heterocycles. The van der Waals surface area contributed by atoms with Crippen molar-refractivity contribution in [3.05, 3.63) is 0 Å². The SMILES string of the molecule is CCCC1(OC)C(P)(CC)C(C)CC[Si]1(OC)OC. The molecule has 0 aromatic carbocycles. The maximum absolute atomic E-state index is 6.18. The molecule has 19 heavy (non-hydrogen) atoms. The number of hydrogen-bond donors (Lipinski definition) is 0. The molecule has 1 aliphatic rings. The molecule has 4 unspecified atom stereocenters. The standard InChI is InChI=1S/C14H31O3PSi/c1-7-10-14(15-4)13(18,8-2)12(3)9-11-19(14,16-5)17-6/h12H,7-11,18H2,1-6H3. The van der Waals surface area contributed by atoms with E-state index in [2.05, 4.69) is 30.0 Å². The third kappa shape index (κ3) is 2.34. The predicted molar refractivity (Wildman–Crippen MR) is 85.7 cm³/mol. The lowest BCUT2D eigenvalue weighted by atomic mass is 9.80. The van der Waals surface area contributed by atoms with E-state index >= 15 is 0 Å². The van der Waals surface area contributed by atoms with Gasteiger partial charge in [0.15, 0.2) is 0 Å². The fourth-order valence-electron chi connectivity index (χ4n) is 4.09. The Balaban J connectivity index is 3.42. The summed E-state index contributed by atoms with van der Waals surface area (Å²) < 4.78 is 18.2. The van der Waals surface area contributed by atoms with Gasteiger partial charge in [0.05, 0.1) is 0 Å². The molecular weight excluding hydrogens is 275 g/mol. The molecule has 0 aromatic heterocycles. The van der Waals surface area contributed by atoms with E-state index in [1.165, 1.54) is 0 Å². The molecule has 3 nitrogen and oxygen atoms in total. The lowest BCUT2D eigenvalue weighted by molar-refractivity contribution is -0.0552. The van der Waals surface area contributed by atoms with Crippen LogP contribution in [-0.2, 0) is 13.6 Å². The van der Waals surface area contributed by atoms with E-state index in [1.54, 1.807) is 14.2 Å². The van der Waals surface area contributed by atoms with Gasteiger partial charge in [-0.1, -0.05) is 27.2 Å². The van der Waals surface area contributed by atoms with E-state index in [1.807, 2.05) is 7.11 Å². The fraction of sp³-hybridized carbons (Fsp3) is 1.00. The van der Waals surface area contributed by atoms with E-state index in [0.29, 0.717) is 5.92 Å². The molecule has 0 aromatic rings. The van der Waals surface area contributed by atoms with Crippen LogP contribution in [0, 0.1) is 5.92 Å². The minimum Gasteiger partial charge on any atom is -0.396 e. The second kappa shape index (κ2) is 6.53. The predicted octanol–water partition coefficient (Wildman–Crippen LogP) is 3.51. The lowest BCUT2D eigenvalue weighted by Gasteiger charge is -2.60. The highest BCUT2D eigenvalue weighted by molar-refractivity contribution is 7.19. The normalized spacial score (nSPS) is 38.4. The molecule has 1 fully saturated rings. The Kier molecular flexibility index (Phi) is 6.04. The highest BCUT2D eigenvalue weighted by Crippen LogP contribution is 2.57. The largest absolute Gasteiger partial charge is 0.396 e. The zero-order chi connectivity index (χ0) is 14.7. The molecule has 0 N–H and O–H groups in total. The molecule has 1 heterocycles. The molecule has 1 saturated heterocycles. The Hall–Kier alpha value is 0.527. The average molecular weight is 306 g/mol. The molecule has 1 rings (SSSR count). The first kappa shape index (κ1) is 17.6. The third-order valence-corrected chi connectivity index (χ3v) is 11.5. The molecule has 0 bridgehead atoms. The van der Waals surface area contributed by atoms with Crippen LogP contribution in [-0.4, -0.2) is 40.3 Å². The zero-order valence-corrected chi connectivity index (χ0v) is 15.6. The van der Waals surface area contributed by atoms with Gasteiger partial charge < -0.3 is 13.6 Å². The van der Waals surface area contributed by atoms with Crippen molar-refractivity contribution in [2.45, 2.75) is 62.9 Å². The van der Waals surface area contributed by atoms with Crippen LogP contribution in [0.5, 0.6) is 0 Å². The van der Waals surface area contributed by atoms with Crippen molar-refractivity contribution in [2.24, 2.45) is 5.92 Å². The van der Waals surface area contributed by atoms with E-state index in [-0.39, 0.29) is 10.4 Å². The first-order valence-electron chi connectivity index (χ1n) is 7.37. The number of hydrogen-bond acceptors (Lipinski definition) is 3. The third-order valence-electron chi connectivity index (χ3n) is 5.35. The molecule has 4 atom stereocenters. The van der Waals surface area contributed by atoms with Gasteiger partial charge in [-0.15, -0.1) is 9.24 Å². The molecule has 0 aliphatic carbocycles. The number of ether oxygens (including phenoxy) is 1. The first-order chi connectivity index (χ1) is 8.93. The summed E-state index contributed by atoms with van der Waals surface area (Å²) in [5, 5.41) is -0.246. The monoisotopic (exact) mass is 306 g/mol. The second-order valence-electron chi connectivity index (χ2n) is 5.78. The Labute approximate surface area is 122 Å². The maximum atomic E-state index is 6.18. The van der Waals surface area contributed by atoms with Gasteiger partial charge in [-0.05, 0) is 31.2 Å². The van der Waals surface area contributed by atoms with Crippen LogP contribution in [0.1, 0.15) is 46.5 Å². The summed E-state index contributed by atoms with van der Waals surface area (Å²) >= 11 is 0. The quantitative estimate of drug-likeness (QED) is 0.555. The van der Waals surface area contributed by atoms with Gasteiger partial charge in [0.1, 0.15) is 5.22 Å². The van der Waals surface area contributed by atoms with Gasteiger partial charge in [-0.25, -0.2) is 0 Å². The molecule has 0 spiro atoms. The van der Waals surface area contributed by atoms with Crippen molar-refractivity contribution in [1.82, 2.24) is 0 Å². The van der Waals surface area contributed by atoms with Crippen LogP contribution in [0.15, 0.2) is 0 Å². The minimum atomic E-state index is -2.37. The molecule has 5 heteroatoms. The van der Waals surface area contributed by atoms with Crippen LogP contribution in [0.25, 0.3) is 0 Å². The molecule has 0 amide bonds. The highest BCUT2D eigenvalue weighted by Gasteiger charge is 2.69. The Bertz CT molecular complexity index is 289. The minimum absolute atomic E-state index is 0.0360. The maximum Gasteiger partial charge on any atom is 0.371 e. The molecule has 0 saturated carbocycles. The smallest absolute Gasteiger partial charge is 0.371 e. The van der Waals surface area contributed by atoms with E-state index in [9.17, 15) is 0 Å².